The molecular weight excluding hydrogens is 757 g/mol. The summed E-state index contributed by atoms with van der Waals surface area (Å²) < 4.78 is 13.5. The molecule has 0 unspecified atom stereocenters. The fourth-order valence-electron chi connectivity index (χ4n) is 8.16. The molecule has 1 aromatic heterocycles. The number of fused-ring (bicyclic) bond motifs is 3. The van der Waals surface area contributed by atoms with Crippen LogP contribution < -0.4 is 15.0 Å². The summed E-state index contributed by atoms with van der Waals surface area (Å²) in [4.78, 5) is 34.7. The van der Waals surface area contributed by atoms with Gasteiger partial charge in [0.15, 0.2) is 0 Å². The van der Waals surface area contributed by atoms with E-state index in [1.54, 1.807) is 30.5 Å². The van der Waals surface area contributed by atoms with Crippen LogP contribution in [0.15, 0.2) is 143 Å². The first-order valence-corrected chi connectivity index (χ1v) is 19.3. The van der Waals surface area contributed by atoms with Gasteiger partial charge in [-0.1, -0.05) is 58.4 Å². The van der Waals surface area contributed by atoms with Crippen LogP contribution in [-0.2, 0) is 14.2 Å². The maximum atomic E-state index is 14.5. The first-order chi connectivity index (χ1) is 26.8. The van der Waals surface area contributed by atoms with Crippen LogP contribution in [0.2, 0.25) is 6.32 Å². The Bertz CT molecular complexity index is 2240. The highest BCUT2D eigenvalue weighted by molar-refractivity contribution is 9.10. The van der Waals surface area contributed by atoms with Gasteiger partial charge in [0.1, 0.15) is 18.1 Å². The van der Waals surface area contributed by atoms with Crippen LogP contribution in [0, 0.1) is 17.8 Å². The largest absolute Gasteiger partial charge is 0.507 e. The molecule has 0 bridgehead atoms. The van der Waals surface area contributed by atoms with E-state index in [0.717, 1.165) is 38.3 Å². The number of aromatic hydroxyl groups is 1. The summed E-state index contributed by atoms with van der Waals surface area (Å²) in [5.41, 5.74) is 6.35. The molecule has 9 nitrogen and oxygen atoms in total. The number of carbonyl (C=O) groups is 2. The van der Waals surface area contributed by atoms with E-state index >= 15 is 0 Å². The smallest absolute Gasteiger partial charge is 0.455 e. The third kappa shape index (κ3) is 7.87. The number of para-hydroxylation sites is 2. The zero-order valence-electron chi connectivity index (χ0n) is 29.9. The minimum absolute atomic E-state index is 0.137. The number of aromatic nitrogens is 1. The Labute approximate surface area is 328 Å². The van der Waals surface area contributed by atoms with Crippen molar-refractivity contribution < 1.29 is 29.1 Å². The highest BCUT2D eigenvalue weighted by Crippen LogP contribution is 2.51. The third-order valence-corrected chi connectivity index (χ3v) is 11.1. The summed E-state index contributed by atoms with van der Waals surface area (Å²) >= 11 is 3.51. The quantitative estimate of drug-likeness (QED) is 0.0690. The average molecular weight is 797 g/mol. The number of nitrogens with one attached hydrogen (secondary N) is 1. The summed E-state index contributed by atoms with van der Waals surface area (Å²) in [6, 6.07) is 37.6. The normalized spacial score (nSPS) is 21.0. The second-order valence-corrected chi connectivity index (χ2v) is 15.0. The van der Waals surface area contributed by atoms with Gasteiger partial charge in [-0.25, -0.2) is 0 Å². The number of anilines is 3. The standard InChI is InChI=1S/C44H39BBrN3O6/c46-31-15-20-39(50)29(24-31)23-28(38-13-7-8-22-47-38)14-21-40-41-30(27-54-35-11-5-2-6-12-35)25-36-42(37(41)26-45(53)55-40)44(52)49(43(36)51)34-18-16-33(17-19-34)48-32-9-3-1-4-10-32/h1-13,15-20,22-24,36-37,40,42,48,50,53H,14,21,25-27H2/b28-23-/t36-,37+,40-,42-/m1/s1. The number of hydrogen-bond donors (Lipinski definition) is 3. The SMILES string of the molecule is O=C1[C@@H]2[C@@H](CC(COc3ccccc3)=C3[C@@H](CC/C(=C/c4cc(Br)ccc4O)c4ccccn4)OB(O)C[C@@H]32)C(=O)N1c1ccc(Nc2ccccc2)cc1. The summed E-state index contributed by atoms with van der Waals surface area (Å²) in [5.74, 6) is -1.38. The van der Waals surface area contributed by atoms with E-state index in [-0.39, 0.29) is 30.5 Å². The maximum Gasteiger partial charge on any atom is 0.455 e. The van der Waals surface area contributed by atoms with Gasteiger partial charge in [-0.3, -0.25) is 19.5 Å². The molecule has 55 heavy (non-hydrogen) atoms. The predicted octanol–water partition coefficient (Wildman–Crippen LogP) is 8.69. The van der Waals surface area contributed by atoms with Gasteiger partial charge in [-0.2, -0.15) is 0 Å². The number of hydrogen-bond acceptors (Lipinski definition) is 8. The van der Waals surface area contributed by atoms with Crippen molar-refractivity contribution in [1.29, 1.82) is 0 Å². The molecule has 3 heterocycles. The number of benzene rings is 4. The van der Waals surface area contributed by atoms with Gasteiger partial charge in [0.2, 0.25) is 11.8 Å². The van der Waals surface area contributed by atoms with E-state index in [1.807, 2.05) is 103 Å². The topological polar surface area (TPSA) is 121 Å². The van der Waals surface area contributed by atoms with Crippen molar-refractivity contribution in [2.45, 2.75) is 31.7 Å². The third-order valence-electron chi connectivity index (χ3n) is 10.6. The lowest BCUT2D eigenvalue weighted by Crippen LogP contribution is -2.46. The van der Waals surface area contributed by atoms with Crippen LogP contribution in [0.1, 0.15) is 30.5 Å². The van der Waals surface area contributed by atoms with E-state index < -0.39 is 31.0 Å². The minimum Gasteiger partial charge on any atom is -0.507 e. The Morgan fingerprint density at radius 1 is 0.909 bits per heavy atom. The molecule has 11 heteroatoms. The fourth-order valence-corrected chi connectivity index (χ4v) is 8.54. The van der Waals surface area contributed by atoms with Crippen LogP contribution in [0.25, 0.3) is 11.6 Å². The van der Waals surface area contributed by atoms with Gasteiger partial charge in [0.05, 0.1) is 29.3 Å². The molecular formula is C44H39BBrN3O6. The Kier molecular flexibility index (Phi) is 10.7. The second kappa shape index (κ2) is 16.1. The Morgan fingerprint density at radius 2 is 1.64 bits per heavy atom. The van der Waals surface area contributed by atoms with E-state index in [1.165, 1.54) is 4.90 Å². The van der Waals surface area contributed by atoms with Gasteiger partial charge in [-0.15, -0.1) is 0 Å². The molecule has 276 valence electrons. The molecule has 2 amide bonds. The van der Waals surface area contributed by atoms with E-state index in [2.05, 4.69) is 26.2 Å². The average Bonchev–Trinajstić information content (AvgIpc) is 3.46. The van der Waals surface area contributed by atoms with E-state index in [4.69, 9.17) is 9.39 Å². The number of pyridine rings is 1. The van der Waals surface area contributed by atoms with E-state index in [9.17, 15) is 19.7 Å². The fraction of sp³-hybridized carbons (Fsp3) is 0.205. The van der Waals surface area contributed by atoms with Crippen molar-refractivity contribution in [1.82, 2.24) is 4.98 Å². The number of amides is 2. The summed E-state index contributed by atoms with van der Waals surface area (Å²) in [6.45, 7) is 0.213. The highest BCUT2D eigenvalue weighted by atomic mass is 79.9. The number of rotatable bonds is 11. The number of halogens is 1. The predicted molar refractivity (Wildman–Crippen MR) is 218 cm³/mol. The van der Waals surface area contributed by atoms with Gasteiger partial charge in [0, 0.05) is 27.6 Å². The molecule has 0 radical (unpaired) electrons. The number of carbonyl (C=O) groups excluding carboxylic acids is 2. The zero-order valence-corrected chi connectivity index (χ0v) is 31.5. The Morgan fingerprint density at radius 3 is 2.38 bits per heavy atom. The van der Waals surface area contributed by atoms with Gasteiger partial charge in [0.25, 0.3) is 0 Å². The number of ether oxygens (including phenoxy) is 1. The summed E-state index contributed by atoms with van der Waals surface area (Å²) in [6.07, 6.45) is 4.54. The molecule has 2 aliphatic heterocycles. The Hall–Kier alpha value is -5.49. The van der Waals surface area contributed by atoms with Crippen LogP contribution in [0.5, 0.6) is 11.5 Å². The molecule has 3 aliphatic rings. The Balaban J connectivity index is 1.11. The summed E-state index contributed by atoms with van der Waals surface area (Å²) in [7, 11) is -1.13. The number of imide groups is 1. The lowest BCUT2D eigenvalue weighted by molar-refractivity contribution is -0.122. The molecule has 4 atom stereocenters. The van der Waals surface area contributed by atoms with Crippen molar-refractivity contribution in [3.8, 4) is 11.5 Å². The van der Waals surface area contributed by atoms with Gasteiger partial charge >= 0.3 is 7.12 Å². The van der Waals surface area contributed by atoms with Gasteiger partial charge in [-0.05, 0) is 133 Å². The van der Waals surface area contributed by atoms with Crippen LogP contribution in [-0.4, -0.2) is 46.8 Å². The molecule has 1 aliphatic carbocycles. The molecule has 4 aromatic carbocycles. The summed E-state index contributed by atoms with van der Waals surface area (Å²) in [5, 5.41) is 25.3. The van der Waals surface area contributed by atoms with Crippen LogP contribution in [0.3, 0.4) is 0 Å². The molecule has 0 spiro atoms. The van der Waals surface area contributed by atoms with Crippen molar-refractivity contribution in [3.63, 3.8) is 0 Å². The van der Waals surface area contributed by atoms with Crippen molar-refractivity contribution in [2.24, 2.45) is 17.8 Å². The minimum atomic E-state index is -1.13. The second-order valence-electron chi connectivity index (χ2n) is 14.1. The highest BCUT2D eigenvalue weighted by Gasteiger charge is 2.57. The molecule has 2 fully saturated rings. The first kappa shape index (κ1) is 36.5. The van der Waals surface area contributed by atoms with Crippen LogP contribution >= 0.6 is 15.9 Å². The van der Waals surface area contributed by atoms with Gasteiger partial charge < -0.3 is 24.8 Å². The lowest BCUT2D eigenvalue weighted by Gasteiger charge is -2.43. The lowest BCUT2D eigenvalue weighted by atomic mass is 9.58. The van der Waals surface area contributed by atoms with E-state index in [0.29, 0.717) is 36.3 Å². The first-order valence-electron chi connectivity index (χ1n) is 18.5. The van der Waals surface area contributed by atoms with Crippen molar-refractivity contribution in [3.05, 3.63) is 154 Å². The van der Waals surface area contributed by atoms with Crippen molar-refractivity contribution in [2.75, 3.05) is 16.8 Å². The monoisotopic (exact) mass is 795 g/mol. The molecule has 8 rings (SSSR count). The number of phenolic OH excluding ortho intramolecular Hbond substituents is 1. The molecule has 2 saturated heterocycles. The number of nitrogens with zero attached hydrogens (tertiary/aromatic N) is 2. The van der Waals surface area contributed by atoms with Crippen LogP contribution in [0.4, 0.5) is 17.1 Å². The zero-order chi connectivity index (χ0) is 37.9. The number of phenols is 1. The maximum absolute atomic E-state index is 14.5. The van der Waals surface area contributed by atoms with Crippen molar-refractivity contribution >= 4 is 63.6 Å². The molecule has 0 saturated carbocycles. The molecule has 5 aromatic rings. The molecule has 3 N–H and O–H groups in total. The number of allylic oxidation sites excluding steroid dienone is 1.